The summed E-state index contributed by atoms with van der Waals surface area (Å²) in [6, 6.07) is 3.22. The standard InChI is InChI=1S/C12H17F3N2O/c1-8(16)7-10-11(4-3-9(2)17-10)18-6-5-12(13,14)15/h3-4,8H,5-7,16H2,1-2H3. The van der Waals surface area contributed by atoms with Gasteiger partial charge in [-0.25, -0.2) is 0 Å². The Kier molecular flexibility index (Phi) is 4.95. The van der Waals surface area contributed by atoms with Gasteiger partial charge in [-0.05, 0) is 26.0 Å². The summed E-state index contributed by atoms with van der Waals surface area (Å²) in [5, 5.41) is 0. The van der Waals surface area contributed by atoms with Crippen molar-refractivity contribution in [3.05, 3.63) is 23.5 Å². The van der Waals surface area contributed by atoms with Crippen molar-refractivity contribution >= 4 is 0 Å². The summed E-state index contributed by atoms with van der Waals surface area (Å²) in [5.74, 6) is 0.377. The minimum atomic E-state index is -4.21. The summed E-state index contributed by atoms with van der Waals surface area (Å²) in [5.41, 5.74) is 7.06. The van der Waals surface area contributed by atoms with E-state index < -0.39 is 19.2 Å². The van der Waals surface area contributed by atoms with Crippen LogP contribution in [-0.4, -0.2) is 23.8 Å². The highest BCUT2D eigenvalue weighted by atomic mass is 19.4. The molecule has 0 aliphatic rings. The van der Waals surface area contributed by atoms with Gasteiger partial charge in [0.2, 0.25) is 0 Å². The summed E-state index contributed by atoms with van der Waals surface area (Å²) in [6.45, 7) is 3.22. The van der Waals surface area contributed by atoms with Gasteiger partial charge in [0, 0.05) is 18.2 Å². The van der Waals surface area contributed by atoms with E-state index in [2.05, 4.69) is 4.98 Å². The average Bonchev–Trinajstić information content (AvgIpc) is 2.18. The van der Waals surface area contributed by atoms with Crippen LogP contribution in [-0.2, 0) is 6.42 Å². The zero-order chi connectivity index (χ0) is 13.8. The lowest BCUT2D eigenvalue weighted by Gasteiger charge is -2.13. The van der Waals surface area contributed by atoms with E-state index in [0.717, 1.165) is 5.69 Å². The lowest BCUT2D eigenvalue weighted by Crippen LogP contribution is -2.20. The second-order valence-electron chi connectivity index (χ2n) is 4.29. The summed E-state index contributed by atoms with van der Waals surface area (Å²) in [7, 11) is 0. The van der Waals surface area contributed by atoms with Crippen LogP contribution in [0.15, 0.2) is 12.1 Å². The average molecular weight is 262 g/mol. The SMILES string of the molecule is Cc1ccc(OCCC(F)(F)F)c(CC(C)N)n1. The minimum absolute atomic E-state index is 0.121. The molecule has 1 rings (SSSR count). The van der Waals surface area contributed by atoms with Gasteiger partial charge in [-0.1, -0.05) is 0 Å². The van der Waals surface area contributed by atoms with Gasteiger partial charge in [-0.3, -0.25) is 4.98 Å². The largest absolute Gasteiger partial charge is 0.491 e. The van der Waals surface area contributed by atoms with Gasteiger partial charge in [-0.15, -0.1) is 0 Å². The Morgan fingerprint density at radius 3 is 2.61 bits per heavy atom. The molecule has 1 unspecified atom stereocenters. The first-order valence-corrected chi connectivity index (χ1v) is 5.69. The van der Waals surface area contributed by atoms with Crippen LogP contribution in [0.5, 0.6) is 5.75 Å². The van der Waals surface area contributed by atoms with Crippen molar-refractivity contribution < 1.29 is 17.9 Å². The molecule has 0 aliphatic heterocycles. The fourth-order valence-corrected chi connectivity index (χ4v) is 1.46. The molecular weight excluding hydrogens is 245 g/mol. The molecule has 2 N–H and O–H groups in total. The van der Waals surface area contributed by atoms with Crippen LogP contribution in [0, 0.1) is 6.92 Å². The third-order valence-electron chi connectivity index (χ3n) is 2.23. The van der Waals surface area contributed by atoms with E-state index in [9.17, 15) is 13.2 Å². The first kappa shape index (κ1) is 14.8. The fourth-order valence-electron chi connectivity index (χ4n) is 1.46. The van der Waals surface area contributed by atoms with E-state index >= 15 is 0 Å². The Morgan fingerprint density at radius 1 is 1.39 bits per heavy atom. The third kappa shape index (κ3) is 5.35. The van der Waals surface area contributed by atoms with Crippen LogP contribution < -0.4 is 10.5 Å². The molecule has 0 fully saturated rings. The maximum Gasteiger partial charge on any atom is 0.392 e. The Labute approximate surface area is 104 Å². The van der Waals surface area contributed by atoms with E-state index in [0.29, 0.717) is 17.9 Å². The van der Waals surface area contributed by atoms with E-state index in [1.54, 1.807) is 12.1 Å². The number of nitrogens with zero attached hydrogens (tertiary/aromatic N) is 1. The number of halogens is 3. The number of rotatable bonds is 5. The topological polar surface area (TPSA) is 48.1 Å². The molecule has 18 heavy (non-hydrogen) atoms. The molecular formula is C12H17F3N2O. The van der Waals surface area contributed by atoms with Crippen molar-refractivity contribution in [1.82, 2.24) is 4.98 Å². The molecule has 1 aromatic heterocycles. The van der Waals surface area contributed by atoms with Gasteiger partial charge in [0.15, 0.2) is 0 Å². The Bertz CT molecular complexity index is 391. The number of nitrogens with two attached hydrogens (primary N) is 1. The molecule has 0 aliphatic carbocycles. The normalized spacial score (nSPS) is 13.4. The molecule has 0 saturated heterocycles. The predicted molar refractivity (Wildman–Crippen MR) is 62.5 cm³/mol. The highest BCUT2D eigenvalue weighted by Gasteiger charge is 2.27. The van der Waals surface area contributed by atoms with Gasteiger partial charge >= 0.3 is 6.18 Å². The zero-order valence-corrected chi connectivity index (χ0v) is 10.4. The van der Waals surface area contributed by atoms with E-state index in [-0.39, 0.29) is 6.04 Å². The van der Waals surface area contributed by atoms with Crippen molar-refractivity contribution in [2.75, 3.05) is 6.61 Å². The zero-order valence-electron chi connectivity index (χ0n) is 10.4. The van der Waals surface area contributed by atoms with Gasteiger partial charge in [-0.2, -0.15) is 13.2 Å². The summed E-state index contributed by atoms with van der Waals surface area (Å²) < 4.78 is 41.2. The van der Waals surface area contributed by atoms with Crippen molar-refractivity contribution in [3.8, 4) is 5.75 Å². The van der Waals surface area contributed by atoms with Gasteiger partial charge in [0.25, 0.3) is 0 Å². The second kappa shape index (κ2) is 6.04. The first-order chi connectivity index (χ1) is 8.28. The Balaban J connectivity index is 2.69. The number of alkyl halides is 3. The number of hydrogen-bond donors (Lipinski definition) is 1. The first-order valence-electron chi connectivity index (χ1n) is 5.69. The molecule has 0 aromatic carbocycles. The molecule has 0 radical (unpaired) electrons. The molecule has 102 valence electrons. The molecule has 1 heterocycles. The Morgan fingerprint density at radius 2 is 2.06 bits per heavy atom. The van der Waals surface area contributed by atoms with Crippen LogP contribution in [0.3, 0.4) is 0 Å². The number of aryl methyl sites for hydroxylation is 1. The maximum atomic E-state index is 12.0. The molecule has 1 aromatic rings. The third-order valence-corrected chi connectivity index (χ3v) is 2.23. The monoisotopic (exact) mass is 262 g/mol. The van der Waals surface area contributed by atoms with Crippen molar-refractivity contribution in [1.29, 1.82) is 0 Å². The van der Waals surface area contributed by atoms with E-state index in [1.807, 2.05) is 13.8 Å². The van der Waals surface area contributed by atoms with E-state index in [1.165, 1.54) is 0 Å². The van der Waals surface area contributed by atoms with Crippen LogP contribution in [0.4, 0.5) is 13.2 Å². The highest BCUT2D eigenvalue weighted by molar-refractivity contribution is 5.29. The van der Waals surface area contributed by atoms with Crippen LogP contribution in [0.25, 0.3) is 0 Å². The van der Waals surface area contributed by atoms with E-state index in [4.69, 9.17) is 10.5 Å². The van der Waals surface area contributed by atoms with Crippen molar-refractivity contribution in [3.63, 3.8) is 0 Å². The lowest BCUT2D eigenvalue weighted by atomic mass is 10.1. The van der Waals surface area contributed by atoms with Crippen molar-refractivity contribution in [2.45, 2.75) is 38.9 Å². The maximum absolute atomic E-state index is 12.0. The molecule has 1 atom stereocenters. The number of pyridine rings is 1. The van der Waals surface area contributed by atoms with Crippen LogP contribution in [0.2, 0.25) is 0 Å². The van der Waals surface area contributed by atoms with Crippen LogP contribution in [0.1, 0.15) is 24.7 Å². The van der Waals surface area contributed by atoms with Crippen molar-refractivity contribution in [2.24, 2.45) is 5.73 Å². The van der Waals surface area contributed by atoms with Gasteiger partial charge < -0.3 is 10.5 Å². The van der Waals surface area contributed by atoms with Crippen LogP contribution >= 0.6 is 0 Å². The molecule has 3 nitrogen and oxygen atoms in total. The van der Waals surface area contributed by atoms with Gasteiger partial charge in [0.05, 0.1) is 18.7 Å². The highest BCUT2D eigenvalue weighted by Crippen LogP contribution is 2.22. The van der Waals surface area contributed by atoms with Gasteiger partial charge in [0.1, 0.15) is 5.75 Å². The fraction of sp³-hybridized carbons (Fsp3) is 0.583. The molecule has 0 saturated carbocycles. The minimum Gasteiger partial charge on any atom is -0.491 e. The Hall–Kier alpha value is -1.30. The number of aromatic nitrogens is 1. The molecule has 0 amide bonds. The smallest absolute Gasteiger partial charge is 0.392 e. The number of hydrogen-bond acceptors (Lipinski definition) is 3. The molecule has 6 heteroatoms. The molecule has 0 bridgehead atoms. The quantitative estimate of drug-likeness (QED) is 0.887. The summed E-state index contributed by atoms with van der Waals surface area (Å²) in [4.78, 5) is 4.24. The summed E-state index contributed by atoms with van der Waals surface area (Å²) >= 11 is 0. The number of ether oxygens (including phenoxy) is 1. The summed E-state index contributed by atoms with van der Waals surface area (Å²) in [6.07, 6.45) is -4.71. The molecule has 0 spiro atoms. The predicted octanol–water partition coefficient (Wildman–Crippen LogP) is 2.61. The second-order valence-corrected chi connectivity index (χ2v) is 4.29. The lowest BCUT2D eigenvalue weighted by molar-refractivity contribution is -0.139.